The molecule has 2 rings (SSSR count). The molecular formula is C15H16N2O3S. The van der Waals surface area contributed by atoms with Crippen LogP contribution >= 0.6 is 11.8 Å². The first kappa shape index (κ1) is 15.2. The van der Waals surface area contributed by atoms with E-state index >= 15 is 0 Å². The molecule has 0 fully saturated rings. The lowest BCUT2D eigenvalue weighted by atomic mass is 10.1. The van der Waals surface area contributed by atoms with Gasteiger partial charge in [0.1, 0.15) is 0 Å². The number of pyridine rings is 1. The summed E-state index contributed by atoms with van der Waals surface area (Å²) in [6.45, 7) is 0.497. The van der Waals surface area contributed by atoms with Crippen molar-refractivity contribution < 1.29 is 14.6 Å². The lowest BCUT2D eigenvalue weighted by molar-refractivity contribution is 0.0694. The molecule has 0 aliphatic heterocycles. The number of anilines is 1. The van der Waals surface area contributed by atoms with Gasteiger partial charge in [-0.1, -0.05) is 6.07 Å². The van der Waals surface area contributed by atoms with Crippen LogP contribution in [0, 0.1) is 0 Å². The summed E-state index contributed by atoms with van der Waals surface area (Å²) < 4.78 is 5.07. The van der Waals surface area contributed by atoms with E-state index in [4.69, 9.17) is 4.74 Å². The number of rotatable bonds is 6. The predicted molar refractivity (Wildman–Crippen MR) is 83.3 cm³/mol. The average Bonchev–Trinajstić information content (AvgIpc) is 2.52. The molecule has 0 amide bonds. The Morgan fingerprint density at radius 2 is 2.24 bits per heavy atom. The molecule has 5 nitrogen and oxygen atoms in total. The topological polar surface area (TPSA) is 71.5 Å². The zero-order chi connectivity index (χ0) is 15.2. The molecule has 21 heavy (non-hydrogen) atoms. The van der Waals surface area contributed by atoms with Crippen molar-refractivity contribution in [3.8, 4) is 5.88 Å². The number of hydrogen-bond donors (Lipinski definition) is 2. The van der Waals surface area contributed by atoms with E-state index in [-0.39, 0.29) is 0 Å². The Hall–Kier alpha value is -2.21. The molecule has 0 radical (unpaired) electrons. The fourth-order valence-electron chi connectivity index (χ4n) is 1.94. The number of aromatic carboxylic acids is 1. The predicted octanol–water partition coefficient (Wildman–Crippen LogP) is 3.12. The molecule has 1 aromatic heterocycles. The summed E-state index contributed by atoms with van der Waals surface area (Å²) in [4.78, 5) is 16.2. The fraction of sp³-hybridized carbons (Fsp3) is 0.200. The van der Waals surface area contributed by atoms with E-state index < -0.39 is 5.97 Å². The number of benzene rings is 1. The highest BCUT2D eigenvalue weighted by Gasteiger charge is 2.14. The van der Waals surface area contributed by atoms with Gasteiger partial charge in [-0.3, -0.25) is 0 Å². The number of carboxylic acids is 1. The van der Waals surface area contributed by atoms with Crippen LogP contribution in [0.2, 0.25) is 0 Å². The Labute approximate surface area is 127 Å². The molecule has 2 N–H and O–H groups in total. The normalized spacial score (nSPS) is 10.2. The van der Waals surface area contributed by atoms with Crippen LogP contribution in [0.5, 0.6) is 5.88 Å². The number of nitrogens with zero attached hydrogens (tertiary/aromatic N) is 1. The van der Waals surface area contributed by atoms with E-state index in [1.54, 1.807) is 25.4 Å². The number of aromatic nitrogens is 1. The molecule has 0 saturated carbocycles. The van der Waals surface area contributed by atoms with Crippen LogP contribution in [0.4, 0.5) is 5.69 Å². The third-order valence-electron chi connectivity index (χ3n) is 2.95. The maximum absolute atomic E-state index is 11.4. The van der Waals surface area contributed by atoms with E-state index in [1.807, 2.05) is 24.5 Å². The first-order valence-corrected chi connectivity index (χ1v) is 7.51. The molecule has 0 unspecified atom stereocenters. The SMILES string of the molecule is COc1cc(CNc2cccc(SC)c2C(=O)O)ccn1. The van der Waals surface area contributed by atoms with Crippen molar-refractivity contribution in [2.75, 3.05) is 18.7 Å². The highest BCUT2D eigenvalue weighted by atomic mass is 32.2. The van der Waals surface area contributed by atoms with Gasteiger partial charge in [0.2, 0.25) is 5.88 Å². The van der Waals surface area contributed by atoms with Crippen molar-refractivity contribution in [2.24, 2.45) is 0 Å². The average molecular weight is 304 g/mol. The quantitative estimate of drug-likeness (QED) is 0.799. The van der Waals surface area contributed by atoms with Crippen molar-refractivity contribution >= 4 is 23.4 Å². The summed E-state index contributed by atoms with van der Waals surface area (Å²) in [5.41, 5.74) is 1.86. The van der Waals surface area contributed by atoms with Crippen LogP contribution in [0.15, 0.2) is 41.4 Å². The van der Waals surface area contributed by atoms with Crippen LogP contribution in [-0.4, -0.2) is 29.4 Å². The van der Waals surface area contributed by atoms with Crippen LogP contribution in [0.1, 0.15) is 15.9 Å². The van der Waals surface area contributed by atoms with E-state index in [2.05, 4.69) is 10.3 Å². The third kappa shape index (κ3) is 3.66. The number of ether oxygens (including phenoxy) is 1. The fourth-order valence-corrected chi connectivity index (χ4v) is 2.55. The highest BCUT2D eigenvalue weighted by Crippen LogP contribution is 2.27. The number of thioether (sulfide) groups is 1. The Morgan fingerprint density at radius 3 is 2.90 bits per heavy atom. The Kier molecular flexibility index (Phi) is 5.05. The smallest absolute Gasteiger partial charge is 0.338 e. The maximum Gasteiger partial charge on any atom is 0.338 e. The van der Waals surface area contributed by atoms with Crippen molar-refractivity contribution in [3.63, 3.8) is 0 Å². The number of carbonyl (C=O) groups is 1. The van der Waals surface area contributed by atoms with E-state index in [1.165, 1.54) is 11.8 Å². The number of carboxylic acid groups (broad SMARTS) is 1. The molecular weight excluding hydrogens is 288 g/mol. The summed E-state index contributed by atoms with van der Waals surface area (Å²) in [6.07, 6.45) is 3.52. The second-order valence-electron chi connectivity index (χ2n) is 4.25. The molecule has 2 aromatic rings. The second-order valence-corrected chi connectivity index (χ2v) is 5.10. The van der Waals surface area contributed by atoms with Gasteiger partial charge >= 0.3 is 5.97 Å². The van der Waals surface area contributed by atoms with Gasteiger partial charge in [-0.25, -0.2) is 9.78 Å². The van der Waals surface area contributed by atoms with Crippen molar-refractivity contribution in [3.05, 3.63) is 47.7 Å². The molecule has 6 heteroatoms. The zero-order valence-electron chi connectivity index (χ0n) is 11.8. The monoisotopic (exact) mass is 304 g/mol. The summed E-state index contributed by atoms with van der Waals surface area (Å²) >= 11 is 1.41. The van der Waals surface area contributed by atoms with Gasteiger partial charge in [-0.05, 0) is 30.0 Å². The molecule has 1 aromatic carbocycles. The highest BCUT2D eigenvalue weighted by molar-refractivity contribution is 7.98. The van der Waals surface area contributed by atoms with Gasteiger partial charge in [0.15, 0.2) is 0 Å². The zero-order valence-corrected chi connectivity index (χ0v) is 12.6. The molecule has 1 heterocycles. The Balaban J connectivity index is 2.21. The minimum absolute atomic E-state index is 0.297. The van der Waals surface area contributed by atoms with Gasteiger partial charge in [0.05, 0.1) is 18.4 Å². The molecule has 0 saturated heterocycles. The van der Waals surface area contributed by atoms with Gasteiger partial charge in [0.25, 0.3) is 0 Å². The number of methoxy groups -OCH3 is 1. The Bertz CT molecular complexity index is 647. The largest absolute Gasteiger partial charge is 0.481 e. The minimum atomic E-state index is -0.935. The molecule has 0 spiro atoms. The van der Waals surface area contributed by atoms with Crippen molar-refractivity contribution in [1.82, 2.24) is 4.98 Å². The minimum Gasteiger partial charge on any atom is -0.481 e. The van der Waals surface area contributed by atoms with Crippen LogP contribution in [0.25, 0.3) is 0 Å². The van der Waals surface area contributed by atoms with Crippen LogP contribution in [0.3, 0.4) is 0 Å². The standard InChI is InChI=1S/C15H16N2O3S/c1-20-13-8-10(6-7-16-13)9-17-11-4-3-5-12(21-2)14(11)15(18)19/h3-8,17H,9H2,1-2H3,(H,18,19). The number of hydrogen-bond acceptors (Lipinski definition) is 5. The van der Waals surface area contributed by atoms with Crippen molar-refractivity contribution in [2.45, 2.75) is 11.4 Å². The van der Waals surface area contributed by atoms with Crippen LogP contribution in [-0.2, 0) is 6.54 Å². The molecule has 0 aliphatic carbocycles. The Morgan fingerprint density at radius 1 is 1.43 bits per heavy atom. The van der Waals surface area contributed by atoms with E-state index in [9.17, 15) is 9.90 Å². The first-order chi connectivity index (χ1) is 10.2. The van der Waals surface area contributed by atoms with Gasteiger partial charge in [-0.15, -0.1) is 11.8 Å². The third-order valence-corrected chi connectivity index (χ3v) is 3.73. The van der Waals surface area contributed by atoms with Gasteiger partial charge < -0.3 is 15.2 Å². The summed E-state index contributed by atoms with van der Waals surface area (Å²) in [5, 5.41) is 12.5. The molecule has 0 aliphatic rings. The van der Waals surface area contributed by atoms with Crippen LogP contribution < -0.4 is 10.1 Å². The van der Waals surface area contributed by atoms with E-state index in [0.29, 0.717) is 23.7 Å². The van der Waals surface area contributed by atoms with Gasteiger partial charge in [-0.2, -0.15) is 0 Å². The maximum atomic E-state index is 11.4. The first-order valence-electron chi connectivity index (χ1n) is 6.28. The van der Waals surface area contributed by atoms with Gasteiger partial charge in [0, 0.05) is 23.7 Å². The lowest BCUT2D eigenvalue weighted by Crippen LogP contribution is -2.08. The van der Waals surface area contributed by atoms with E-state index in [0.717, 1.165) is 10.5 Å². The summed E-state index contributed by atoms with van der Waals surface area (Å²) in [7, 11) is 1.56. The second kappa shape index (κ2) is 6.99. The summed E-state index contributed by atoms with van der Waals surface area (Å²) in [5.74, 6) is -0.402. The number of nitrogens with one attached hydrogen (secondary N) is 1. The van der Waals surface area contributed by atoms with Crippen molar-refractivity contribution in [1.29, 1.82) is 0 Å². The summed E-state index contributed by atoms with van der Waals surface area (Å²) in [6, 6.07) is 9.07. The lowest BCUT2D eigenvalue weighted by Gasteiger charge is -2.12. The molecule has 0 atom stereocenters. The molecule has 0 bridgehead atoms. The molecule has 110 valence electrons.